The van der Waals surface area contributed by atoms with E-state index < -0.39 is 0 Å². The molecule has 0 spiro atoms. The molecule has 0 atom stereocenters. The SMILES string of the molecule is Cc1ccccc1CC(=O)N1CCN(Cc2ccc(F)c(Br)c2)CC1. The number of halogens is 2. The lowest BCUT2D eigenvalue weighted by molar-refractivity contribution is -0.132. The van der Waals surface area contributed by atoms with Crippen LogP contribution in [0.15, 0.2) is 46.9 Å². The van der Waals surface area contributed by atoms with Crippen LogP contribution in [-0.2, 0) is 17.8 Å². The van der Waals surface area contributed by atoms with Crippen molar-refractivity contribution in [2.45, 2.75) is 19.9 Å². The molecule has 1 aliphatic heterocycles. The van der Waals surface area contributed by atoms with Crippen molar-refractivity contribution in [3.05, 3.63) is 69.4 Å². The number of carbonyl (C=O) groups is 1. The number of hydrogen-bond donors (Lipinski definition) is 0. The lowest BCUT2D eigenvalue weighted by atomic mass is 10.1. The summed E-state index contributed by atoms with van der Waals surface area (Å²) in [6.45, 7) is 5.99. The Balaban J connectivity index is 1.52. The van der Waals surface area contributed by atoms with Gasteiger partial charge < -0.3 is 4.90 Å². The van der Waals surface area contributed by atoms with Crippen LogP contribution in [0.1, 0.15) is 16.7 Å². The third kappa shape index (κ3) is 4.67. The van der Waals surface area contributed by atoms with E-state index in [0.29, 0.717) is 10.9 Å². The first-order chi connectivity index (χ1) is 12.0. The Labute approximate surface area is 156 Å². The third-order valence-corrected chi connectivity index (χ3v) is 5.33. The molecule has 2 aromatic rings. The van der Waals surface area contributed by atoms with Gasteiger partial charge in [-0.1, -0.05) is 30.3 Å². The summed E-state index contributed by atoms with van der Waals surface area (Å²) in [7, 11) is 0. The first-order valence-corrected chi connectivity index (χ1v) is 9.31. The minimum atomic E-state index is -0.240. The summed E-state index contributed by atoms with van der Waals surface area (Å²) < 4.78 is 13.8. The first-order valence-electron chi connectivity index (χ1n) is 8.51. The van der Waals surface area contributed by atoms with Crippen molar-refractivity contribution in [3.63, 3.8) is 0 Å². The van der Waals surface area contributed by atoms with Crippen LogP contribution in [0, 0.1) is 12.7 Å². The fourth-order valence-electron chi connectivity index (χ4n) is 3.13. The lowest BCUT2D eigenvalue weighted by Crippen LogP contribution is -2.48. The molecule has 0 bridgehead atoms. The van der Waals surface area contributed by atoms with Gasteiger partial charge in [-0.3, -0.25) is 9.69 Å². The Bertz CT molecular complexity index is 757. The first kappa shape index (κ1) is 18.1. The summed E-state index contributed by atoms with van der Waals surface area (Å²) in [5.41, 5.74) is 3.34. The van der Waals surface area contributed by atoms with Crippen molar-refractivity contribution in [3.8, 4) is 0 Å². The Hall–Kier alpha value is -1.72. The van der Waals surface area contributed by atoms with E-state index in [1.54, 1.807) is 0 Å². The van der Waals surface area contributed by atoms with Crippen molar-refractivity contribution in [2.24, 2.45) is 0 Å². The Kier molecular flexibility index (Phi) is 5.86. The van der Waals surface area contributed by atoms with Crippen LogP contribution in [0.2, 0.25) is 0 Å². The zero-order chi connectivity index (χ0) is 17.8. The molecule has 1 aliphatic rings. The summed E-state index contributed by atoms with van der Waals surface area (Å²) >= 11 is 3.23. The number of nitrogens with zero attached hydrogens (tertiary/aromatic N) is 2. The van der Waals surface area contributed by atoms with Crippen molar-refractivity contribution < 1.29 is 9.18 Å². The van der Waals surface area contributed by atoms with E-state index in [-0.39, 0.29) is 11.7 Å². The van der Waals surface area contributed by atoms with Crippen molar-refractivity contribution in [1.82, 2.24) is 9.80 Å². The molecule has 5 heteroatoms. The number of aryl methyl sites for hydroxylation is 1. The highest BCUT2D eigenvalue weighted by Crippen LogP contribution is 2.19. The van der Waals surface area contributed by atoms with Gasteiger partial charge in [0, 0.05) is 32.7 Å². The van der Waals surface area contributed by atoms with Gasteiger partial charge in [0.05, 0.1) is 10.9 Å². The van der Waals surface area contributed by atoms with E-state index >= 15 is 0 Å². The third-order valence-electron chi connectivity index (χ3n) is 4.72. The monoisotopic (exact) mass is 404 g/mol. The fourth-order valence-corrected chi connectivity index (χ4v) is 3.56. The molecule has 3 rings (SSSR count). The Morgan fingerprint density at radius 2 is 1.84 bits per heavy atom. The van der Waals surface area contributed by atoms with Gasteiger partial charge in [0.2, 0.25) is 5.91 Å². The standard InChI is InChI=1S/C20H22BrFN2O/c1-15-4-2-3-5-17(15)13-20(25)24-10-8-23(9-11-24)14-16-6-7-19(22)18(21)12-16/h2-7,12H,8-11,13-14H2,1H3. The zero-order valence-electron chi connectivity index (χ0n) is 14.3. The minimum Gasteiger partial charge on any atom is -0.340 e. The number of carbonyl (C=O) groups excluding carboxylic acids is 1. The van der Waals surface area contributed by atoms with Crippen LogP contribution >= 0.6 is 15.9 Å². The largest absolute Gasteiger partial charge is 0.340 e. The van der Waals surface area contributed by atoms with Gasteiger partial charge in [0.25, 0.3) is 0 Å². The smallest absolute Gasteiger partial charge is 0.227 e. The normalized spacial score (nSPS) is 15.4. The maximum absolute atomic E-state index is 13.3. The van der Waals surface area contributed by atoms with Gasteiger partial charge in [-0.15, -0.1) is 0 Å². The van der Waals surface area contributed by atoms with E-state index in [1.165, 1.54) is 6.07 Å². The second-order valence-corrected chi connectivity index (χ2v) is 7.36. The van der Waals surface area contributed by atoms with Crippen LogP contribution in [0.4, 0.5) is 4.39 Å². The van der Waals surface area contributed by atoms with E-state index in [1.807, 2.05) is 48.2 Å². The van der Waals surface area contributed by atoms with Crippen LogP contribution in [-0.4, -0.2) is 41.9 Å². The maximum atomic E-state index is 13.3. The molecule has 0 saturated carbocycles. The van der Waals surface area contributed by atoms with Crippen LogP contribution in [0.5, 0.6) is 0 Å². The topological polar surface area (TPSA) is 23.6 Å². The molecule has 25 heavy (non-hydrogen) atoms. The quantitative estimate of drug-likeness (QED) is 0.773. The van der Waals surface area contributed by atoms with Gasteiger partial charge in [-0.2, -0.15) is 0 Å². The van der Waals surface area contributed by atoms with E-state index in [9.17, 15) is 9.18 Å². The van der Waals surface area contributed by atoms with Gasteiger partial charge >= 0.3 is 0 Å². The summed E-state index contributed by atoms with van der Waals surface area (Å²) in [6.07, 6.45) is 0.470. The average Bonchev–Trinajstić information content (AvgIpc) is 2.61. The molecule has 1 heterocycles. The highest BCUT2D eigenvalue weighted by atomic mass is 79.9. The molecule has 1 amide bonds. The van der Waals surface area contributed by atoms with Gasteiger partial charge in [0.1, 0.15) is 5.82 Å². The van der Waals surface area contributed by atoms with E-state index in [4.69, 9.17) is 0 Å². The molecule has 0 aromatic heterocycles. The minimum absolute atomic E-state index is 0.193. The Morgan fingerprint density at radius 3 is 2.52 bits per heavy atom. The van der Waals surface area contributed by atoms with Crippen LogP contribution in [0.25, 0.3) is 0 Å². The number of hydrogen-bond acceptors (Lipinski definition) is 2. The van der Waals surface area contributed by atoms with E-state index in [0.717, 1.165) is 49.4 Å². The number of amides is 1. The second-order valence-electron chi connectivity index (χ2n) is 6.51. The highest BCUT2D eigenvalue weighted by Gasteiger charge is 2.21. The van der Waals surface area contributed by atoms with Gasteiger partial charge in [-0.05, 0) is 51.7 Å². The molecular formula is C20H22BrFN2O. The maximum Gasteiger partial charge on any atom is 0.227 e. The number of piperazine rings is 1. The molecule has 1 saturated heterocycles. The molecule has 0 unspecified atom stereocenters. The highest BCUT2D eigenvalue weighted by molar-refractivity contribution is 9.10. The fraction of sp³-hybridized carbons (Fsp3) is 0.350. The summed E-state index contributed by atoms with van der Waals surface area (Å²) in [6, 6.07) is 13.2. The van der Waals surface area contributed by atoms with Crippen molar-refractivity contribution >= 4 is 21.8 Å². The number of rotatable bonds is 4. The molecular weight excluding hydrogens is 383 g/mol. The summed E-state index contributed by atoms with van der Waals surface area (Å²) in [5, 5.41) is 0. The van der Waals surface area contributed by atoms with Gasteiger partial charge in [-0.25, -0.2) is 4.39 Å². The lowest BCUT2D eigenvalue weighted by Gasteiger charge is -2.35. The van der Waals surface area contributed by atoms with Crippen molar-refractivity contribution in [2.75, 3.05) is 26.2 Å². The van der Waals surface area contributed by atoms with Crippen LogP contribution in [0.3, 0.4) is 0 Å². The predicted molar refractivity (Wildman–Crippen MR) is 101 cm³/mol. The molecule has 0 radical (unpaired) electrons. The molecule has 132 valence electrons. The summed E-state index contributed by atoms with van der Waals surface area (Å²) in [5.74, 6) is -0.0474. The molecule has 2 aromatic carbocycles. The molecule has 0 N–H and O–H groups in total. The van der Waals surface area contributed by atoms with Crippen LogP contribution < -0.4 is 0 Å². The summed E-state index contributed by atoms with van der Waals surface area (Å²) in [4.78, 5) is 16.8. The van der Waals surface area contributed by atoms with Gasteiger partial charge in [0.15, 0.2) is 0 Å². The Morgan fingerprint density at radius 1 is 1.12 bits per heavy atom. The zero-order valence-corrected chi connectivity index (χ0v) is 15.9. The number of benzene rings is 2. The molecule has 1 fully saturated rings. The predicted octanol–water partition coefficient (Wildman–Crippen LogP) is 3.78. The molecule has 3 nitrogen and oxygen atoms in total. The van der Waals surface area contributed by atoms with Crippen molar-refractivity contribution in [1.29, 1.82) is 0 Å². The second kappa shape index (κ2) is 8.11. The average molecular weight is 405 g/mol. The van der Waals surface area contributed by atoms with E-state index in [2.05, 4.69) is 20.8 Å². The molecule has 0 aliphatic carbocycles.